The molecular formula is C17H16O4. The zero-order chi connectivity index (χ0) is 14.9. The lowest BCUT2D eigenvalue weighted by Gasteiger charge is -2.09. The van der Waals surface area contributed by atoms with Crippen LogP contribution < -0.4 is 4.74 Å². The van der Waals surface area contributed by atoms with Crippen molar-refractivity contribution in [1.82, 2.24) is 0 Å². The molecule has 4 nitrogen and oxygen atoms in total. The normalized spacial score (nSPS) is 10.7. The molecule has 0 fully saturated rings. The van der Waals surface area contributed by atoms with Gasteiger partial charge in [-0.05, 0) is 17.7 Å². The quantitative estimate of drug-likeness (QED) is 0.481. The second kappa shape index (κ2) is 7.87. The number of carboxylic acid groups (broad SMARTS) is 1. The minimum absolute atomic E-state index is 0.104. The standard InChI is InChI=1S/C17H16O4/c18-17(19)11-10-15-8-4-5-9-16(15)21-13-20-12-14-6-2-1-3-7-14/h1-11H,12-13H2,(H,18,19)/b11-10+. The summed E-state index contributed by atoms with van der Waals surface area (Å²) in [6.07, 6.45) is 2.57. The monoisotopic (exact) mass is 284 g/mol. The Balaban J connectivity index is 1.87. The molecule has 0 aliphatic heterocycles. The van der Waals surface area contributed by atoms with Crippen LogP contribution in [0, 0.1) is 0 Å². The number of para-hydroxylation sites is 1. The van der Waals surface area contributed by atoms with E-state index in [2.05, 4.69) is 0 Å². The van der Waals surface area contributed by atoms with Crippen LogP contribution in [0.4, 0.5) is 0 Å². The van der Waals surface area contributed by atoms with Gasteiger partial charge < -0.3 is 14.6 Å². The molecule has 0 aliphatic rings. The van der Waals surface area contributed by atoms with E-state index in [1.165, 1.54) is 6.08 Å². The van der Waals surface area contributed by atoms with Gasteiger partial charge in [0.15, 0.2) is 6.79 Å². The first kappa shape index (κ1) is 14.8. The summed E-state index contributed by atoms with van der Waals surface area (Å²) in [7, 11) is 0. The Labute approximate surface area is 123 Å². The summed E-state index contributed by atoms with van der Waals surface area (Å²) in [5.41, 5.74) is 1.77. The zero-order valence-electron chi connectivity index (χ0n) is 11.4. The van der Waals surface area contributed by atoms with Crippen LogP contribution in [-0.2, 0) is 16.1 Å². The van der Waals surface area contributed by atoms with Gasteiger partial charge in [-0.1, -0.05) is 48.5 Å². The lowest BCUT2D eigenvalue weighted by atomic mass is 10.2. The van der Waals surface area contributed by atoms with Gasteiger partial charge in [-0.2, -0.15) is 0 Å². The molecule has 21 heavy (non-hydrogen) atoms. The largest absolute Gasteiger partial charge is 0.478 e. The number of rotatable bonds is 7. The smallest absolute Gasteiger partial charge is 0.328 e. The number of aliphatic carboxylic acids is 1. The maximum atomic E-state index is 10.5. The molecule has 0 atom stereocenters. The maximum absolute atomic E-state index is 10.5. The molecule has 0 unspecified atom stereocenters. The summed E-state index contributed by atoms with van der Waals surface area (Å²) in [6.45, 7) is 0.570. The highest BCUT2D eigenvalue weighted by Gasteiger charge is 2.00. The van der Waals surface area contributed by atoms with Crippen LogP contribution in [0.5, 0.6) is 5.75 Å². The molecular weight excluding hydrogens is 268 g/mol. The molecule has 0 saturated heterocycles. The molecule has 2 aromatic carbocycles. The van der Waals surface area contributed by atoms with Crippen molar-refractivity contribution in [2.24, 2.45) is 0 Å². The van der Waals surface area contributed by atoms with Crippen molar-refractivity contribution in [3.05, 3.63) is 71.8 Å². The Bertz CT molecular complexity index is 605. The molecule has 0 aromatic heterocycles. The van der Waals surface area contributed by atoms with Crippen LogP contribution in [0.15, 0.2) is 60.7 Å². The van der Waals surface area contributed by atoms with E-state index in [1.54, 1.807) is 12.1 Å². The van der Waals surface area contributed by atoms with E-state index in [0.29, 0.717) is 17.9 Å². The lowest BCUT2D eigenvalue weighted by molar-refractivity contribution is -0.131. The van der Waals surface area contributed by atoms with Crippen molar-refractivity contribution in [2.75, 3.05) is 6.79 Å². The maximum Gasteiger partial charge on any atom is 0.328 e. The van der Waals surface area contributed by atoms with Gasteiger partial charge in [0, 0.05) is 11.6 Å². The van der Waals surface area contributed by atoms with E-state index >= 15 is 0 Å². The number of hydrogen-bond acceptors (Lipinski definition) is 3. The first-order valence-corrected chi connectivity index (χ1v) is 6.50. The molecule has 0 aliphatic carbocycles. The summed E-state index contributed by atoms with van der Waals surface area (Å²) in [5.74, 6) is -0.409. The molecule has 0 spiro atoms. The van der Waals surface area contributed by atoms with Crippen molar-refractivity contribution >= 4 is 12.0 Å². The van der Waals surface area contributed by atoms with Crippen molar-refractivity contribution in [2.45, 2.75) is 6.61 Å². The fourth-order valence-corrected chi connectivity index (χ4v) is 1.75. The van der Waals surface area contributed by atoms with Gasteiger partial charge in [-0.3, -0.25) is 0 Å². The minimum Gasteiger partial charge on any atom is -0.478 e. The number of carbonyl (C=O) groups is 1. The highest BCUT2D eigenvalue weighted by atomic mass is 16.7. The molecule has 2 rings (SSSR count). The molecule has 0 bridgehead atoms. The van der Waals surface area contributed by atoms with E-state index in [1.807, 2.05) is 42.5 Å². The molecule has 1 N–H and O–H groups in total. The van der Waals surface area contributed by atoms with Gasteiger partial charge in [-0.15, -0.1) is 0 Å². The van der Waals surface area contributed by atoms with Gasteiger partial charge >= 0.3 is 5.97 Å². The third-order valence-corrected chi connectivity index (χ3v) is 2.73. The summed E-state index contributed by atoms with van der Waals surface area (Å²) in [5, 5.41) is 8.65. The number of benzene rings is 2. The van der Waals surface area contributed by atoms with Crippen molar-refractivity contribution in [1.29, 1.82) is 0 Å². The van der Waals surface area contributed by atoms with Crippen LogP contribution in [0.25, 0.3) is 6.08 Å². The second-order valence-corrected chi connectivity index (χ2v) is 4.31. The van der Waals surface area contributed by atoms with Gasteiger partial charge in [0.05, 0.1) is 6.61 Å². The molecule has 108 valence electrons. The molecule has 4 heteroatoms. The van der Waals surface area contributed by atoms with E-state index in [0.717, 1.165) is 11.6 Å². The van der Waals surface area contributed by atoms with Crippen molar-refractivity contribution < 1.29 is 19.4 Å². The predicted octanol–water partition coefficient (Wildman–Crippen LogP) is 3.34. The third-order valence-electron chi connectivity index (χ3n) is 2.73. The number of hydrogen-bond donors (Lipinski definition) is 1. The minimum atomic E-state index is -0.995. The summed E-state index contributed by atoms with van der Waals surface area (Å²) in [4.78, 5) is 10.5. The summed E-state index contributed by atoms with van der Waals surface area (Å²) < 4.78 is 11.0. The van der Waals surface area contributed by atoms with Crippen molar-refractivity contribution in [3.8, 4) is 5.75 Å². The predicted molar refractivity (Wildman–Crippen MR) is 79.8 cm³/mol. The van der Waals surface area contributed by atoms with E-state index in [-0.39, 0.29) is 6.79 Å². The average Bonchev–Trinajstić information content (AvgIpc) is 2.51. The molecule has 2 aromatic rings. The lowest BCUT2D eigenvalue weighted by Crippen LogP contribution is -2.03. The Kier molecular flexibility index (Phi) is 5.55. The highest BCUT2D eigenvalue weighted by Crippen LogP contribution is 2.19. The molecule has 0 heterocycles. The topological polar surface area (TPSA) is 55.8 Å². The Morgan fingerprint density at radius 2 is 1.76 bits per heavy atom. The van der Waals surface area contributed by atoms with Gasteiger partial charge in [0.25, 0.3) is 0 Å². The van der Waals surface area contributed by atoms with Crippen LogP contribution >= 0.6 is 0 Å². The van der Waals surface area contributed by atoms with E-state index in [9.17, 15) is 4.79 Å². The zero-order valence-corrected chi connectivity index (χ0v) is 11.4. The van der Waals surface area contributed by atoms with Crippen LogP contribution in [0.1, 0.15) is 11.1 Å². The van der Waals surface area contributed by atoms with Crippen LogP contribution in [-0.4, -0.2) is 17.9 Å². The first-order chi connectivity index (χ1) is 10.3. The molecule has 0 radical (unpaired) electrons. The Morgan fingerprint density at radius 1 is 1.05 bits per heavy atom. The SMILES string of the molecule is O=C(O)/C=C/c1ccccc1OCOCc1ccccc1. The fourth-order valence-electron chi connectivity index (χ4n) is 1.75. The summed E-state index contributed by atoms with van der Waals surface area (Å²) >= 11 is 0. The van der Waals surface area contributed by atoms with Gasteiger partial charge in [0.1, 0.15) is 5.75 Å². The van der Waals surface area contributed by atoms with Crippen molar-refractivity contribution in [3.63, 3.8) is 0 Å². The fraction of sp³-hybridized carbons (Fsp3) is 0.118. The number of ether oxygens (including phenoxy) is 2. The van der Waals surface area contributed by atoms with E-state index in [4.69, 9.17) is 14.6 Å². The van der Waals surface area contributed by atoms with E-state index < -0.39 is 5.97 Å². The molecule has 0 amide bonds. The Morgan fingerprint density at radius 3 is 2.52 bits per heavy atom. The second-order valence-electron chi connectivity index (χ2n) is 4.31. The van der Waals surface area contributed by atoms with Gasteiger partial charge in [-0.25, -0.2) is 4.79 Å². The third kappa shape index (κ3) is 5.12. The first-order valence-electron chi connectivity index (χ1n) is 6.50. The highest BCUT2D eigenvalue weighted by molar-refractivity contribution is 5.85. The molecule has 0 saturated carbocycles. The Hall–Kier alpha value is -2.59. The van der Waals surface area contributed by atoms with Crippen LogP contribution in [0.3, 0.4) is 0 Å². The van der Waals surface area contributed by atoms with Crippen LogP contribution in [0.2, 0.25) is 0 Å². The van der Waals surface area contributed by atoms with Gasteiger partial charge in [0.2, 0.25) is 0 Å². The summed E-state index contributed by atoms with van der Waals surface area (Å²) in [6, 6.07) is 17.0. The number of carboxylic acids is 1. The average molecular weight is 284 g/mol.